The van der Waals surface area contributed by atoms with E-state index in [1.807, 2.05) is 0 Å². The molecule has 15 N–H and O–H groups in total. The van der Waals surface area contributed by atoms with Crippen molar-refractivity contribution in [3.8, 4) is 17.2 Å². The van der Waals surface area contributed by atoms with E-state index in [0.717, 1.165) is 30.3 Å². The lowest BCUT2D eigenvalue weighted by atomic mass is 10.0. The summed E-state index contributed by atoms with van der Waals surface area (Å²) in [6, 6.07) is 8.78. The quantitative estimate of drug-likeness (QED) is 0.00666. The fourth-order valence-corrected chi connectivity index (χ4v) is 12.6. The third-order valence-electron chi connectivity index (χ3n) is 12.1. The van der Waals surface area contributed by atoms with E-state index in [-0.39, 0.29) is 28.8 Å². The van der Waals surface area contributed by atoms with Gasteiger partial charge in [-0.15, -0.1) is 35.6 Å². The summed E-state index contributed by atoms with van der Waals surface area (Å²) in [6.07, 6.45) is -0.393. The molecule has 0 saturated carbocycles. The number of non-ortho nitro benzene ring substituents is 1. The summed E-state index contributed by atoms with van der Waals surface area (Å²) in [5.41, 5.74) is 2.83. The number of nitro groups is 1. The molecular weight excluding hydrogens is 1370 g/mol. The Kier molecular flexibility index (Phi) is 19.3. The second kappa shape index (κ2) is 25.5. The topological polar surface area (TPSA) is 674 Å². The van der Waals surface area contributed by atoms with E-state index in [1.54, 1.807) is 0 Å². The van der Waals surface area contributed by atoms with E-state index in [4.69, 9.17) is 22.3 Å². The normalized spacial score (nSPS) is 13.0. The van der Waals surface area contributed by atoms with Crippen LogP contribution in [0.3, 0.4) is 0 Å². The molecule has 0 heterocycles. The maximum absolute atomic E-state index is 13.5. The molecule has 41 nitrogen and oxygen atoms in total. The van der Waals surface area contributed by atoms with Crippen LogP contribution in [0.25, 0.3) is 21.5 Å². The van der Waals surface area contributed by atoms with Gasteiger partial charge in [-0.25, -0.2) is 0 Å². The van der Waals surface area contributed by atoms with Gasteiger partial charge in [0.15, 0.2) is 11.5 Å². The smallest absolute Gasteiger partial charge is 0.318 e. The Labute approximate surface area is 508 Å². The summed E-state index contributed by atoms with van der Waals surface area (Å²) in [4.78, 5) is 26.2. The van der Waals surface area contributed by atoms with Crippen molar-refractivity contribution in [3.05, 3.63) is 105 Å². The first-order valence-corrected chi connectivity index (χ1v) is 33.6. The van der Waals surface area contributed by atoms with Crippen LogP contribution in [0.2, 0.25) is 0 Å². The summed E-state index contributed by atoms with van der Waals surface area (Å²) in [6.45, 7) is 0.851. The number of carbonyl (C=O) groups is 1. The predicted molar refractivity (Wildman–Crippen MR) is 307 cm³/mol. The number of anilines is 3. The number of phenols is 2. The SMILES string of the molecule is Cc1cc(N=Nc2c(S(=O)(=O)ON)cc3c(S(=O)(=O)O)c(N=Nc4cc(S(=O)(=O)O)c5cc(S(=O)(=O)O)c(N=Nc6ccc([N+](=O)[O-])cc6S(=O)(=O)ON)c(O)c5c4N)ccc3c2O)c(OCCCS(=O)(=O)O)cc1NNc1ccc(S(=O)(=O)O)cc1C(=O)N=O. The second-order valence-corrected chi connectivity index (χ2v) is 28.1. The van der Waals surface area contributed by atoms with Crippen LogP contribution in [0.15, 0.2) is 144 Å². The van der Waals surface area contributed by atoms with Crippen molar-refractivity contribution in [1.82, 2.24) is 0 Å². The van der Waals surface area contributed by atoms with E-state index in [1.165, 1.54) is 6.92 Å². The van der Waals surface area contributed by atoms with Gasteiger partial charge in [0.2, 0.25) is 0 Å². The summed E-state index contributed by atoms with van der Waals surface area (Å²) in [5, 5.41) is 55.3. The molecule has 0 radical (unpaired) electrons. The summed E-state index contributed by atoms with van der Waals surface area (Å²) >= 11 is 0. The summed E-state index contributed by atoms with van der Waals surface area (Å²) in [5.74, 6) is 4.33. The van der Waals surface area contributed by atoms with E-state index >= 15 is 0 Å². The number of nitrogen functional groups attached to an aromatic ring is 1. The van der Waals surface area contributed by atoms with Crippen molar-refractivity contribution >= 4 is 155 Å². The minimum atomic E-state index is -5.78. The second-order valence-electron chi connectivity index (χ2n) is 17.9. The van der Waals surface area contributed by atoms with Crippen LogP contribution in [0, 0.1) is 21.9 Å². The van der Waals surface area contributed by atoms with Crippen molar-refractivity contribution in [2.45, 2.75) is 42.7 Å². The number of phenolic OH excluding ortho intramolecular Hbond substituents is 2. The van der Waals surface area contributed by atoms with Crippen molar-refractivity contribution in [1.29, 1.82) is 0 Å². The Balaban J connectivity index is 1.39. The first kappa shape index (κ1) is 69.1. The zero-order valence-electron chi connectivity index (χ0n) is 44.5. The maximum atomic E-state index is 13.5. The number of amides is 1. The van der Waals surface area contributed by atoms with Crippen LogP contribution >= 0.6 is 0 Å². The molecule has 7 rings (SSSR count). The van der Waals surface area contributed by atoms with Gasteiger partial charge >= 0.3 is 26.1 Å². The molecular formula is C43H37N13O28S7. The van der Waals surface area contributed by atoms with Gasteiger partial charge in [-0.2, -0.15) is 79.3 Å². The average Bonchev–Trinajstić information content (AvgIpc) is 0.766. The lowest BCUT2D eigenvalue weighted by Gasteiger charge is -2.17. The van der Waals surface area contributed by atoms with Crippen molar-refractivity contribution in [2.24, 2.45) is 47.7 Å². The Morgan fingerprint density at radius 2 is 1.14 bits per heavy atom. The number of nitrogens with zero attached hydrogens (tertiary/aromatic N) is 8. The minimum Gasteiger partial charge on any atom is -0.505 e. The number of nitro benzene ring substituents is 1. The fraction of sp³-hybridized carbons (Fsp3) is 0.0930. The lowest BCUT2D eigenvalue weighted by Crippen LogP contribution is -2.14. The third kappa shape index (κ3) is 15.1. The van der Waals surface area contributed by atoms with Gasteiger partial charge in [0.05, 0.1) is 50.2 Å². The molecule has 7 aromatic carbocycles. The first-order valence-electron chi connectivity index (χ1n) is 23.5. The molecule has 0 fully saturated rings. The van der Waals surface area contributed by atoms with Crippen molar-refractivity contribution in [3.63, 3.8) is 0 Å². The standard InChI is InChI=1S/C43H37N13O28S7/c1-18-11-29(31(82-9-2-10-85(63,64)65)16-28(18)50-47-25-7-4-20(86(66,67)68)13-23(25)43(59)55-60)51-54-39-35(91(80,81)84-46)14-22-21(40(39)57)5-8-27(42(22)89(75,76)77)49-52-30-17-32(87(69,70)71)24-15-34(88(72,73)74)38(41(58)36(24)37(30)44)53-48-26-6-3-19(56(61)62)12-33(26)90(78,79)83-45/h3-8,11-17,47,50,57-58H,2,9-10,44-46H2,1H3,(H,63,64,65)(H,66,67,68)(H,69,70,71)(H,72,73,74)(H,75,76,77). The van der Waals surface area contributed by atoms with E-state index < -0.39 is 214 Å². The molecule has 91 heavy (non-hydrogen) atoms. The number of nitrogens with two attached hydrogens (primary N) is 3. The zero-order chi connectivity index (χ0) is 67.9. The van der Waals surface area contributed by atoms with Gasteiger partial charge in [-0.1, -0.05) is 0 Å². The number of aryl methyl sites for hydroxylation is 1. The van der Waals surface area contributed by atoms with Crippen molar-refractivity contribution in [2.75, 3.05) is 28.9 Å². The highest BCUT2D eigenvalue weighted by Gasteiger charge is 2.32. The Morgan fingerprint density at radius 3 is 1.71 bits per heavy atom. The number of benzene rings is 7. The molecule has 0 aliphatic rings. The molecule has 0 spiro atoms. The molecule has 1 amide bonds. The highest BCUT2D eigenvalue weighted by atomic mass is 32.2. The molecule has 484 valence electrons. The lowest BCUT2D eigenvalue weighted by molar-refractivity contribution is -0.385. The van der Waals surface area contributed by atoms with Gasteiger partial charge in [-0.3, -0.25) is 37.7 Å². The van der Waals surface area contributed by atoms with E-state index in [9.17, 15) is 112 Å². The van der Waals surface area contributed by atoms with Gasteiger partial charge < -0.3 is 31.5 Å². The number of hydrogen-bond donors (Lipinski definition) is 12. The van der Waals surface area contributed by atoms with Gasteiger partial charge in [0, 0.05) is 39.5 Å². The number of fused-ring (bicyclic) bond motifs is 2. The third-order valence-corrected chi connectivity index (χ3v) is 18.6. The number of hydrazine groups is 1. The zero-order valence-corrected chi connectivity index (χ0v) is 50.2. The Hall–Kier alpha value is -9.38. The summed E-state index contributed by atoms with van der Waals surface area (Å²) < 4.78 is 240. The summed E-state index contributed by atoms with van der Waals surface area (Å²) in [7, 11) is -37.2. The molecule has 0 aliphatic heterocycles. The van der Waals surface area contributed by atoms with Gasteiger partial charge in [-0.05, 0) is 79.6 Å². The van der Waals surface area contributed by atoms with Crippen LogP contribution < -0.4 is 33.1 Å². The largest absolute Gasteiger partial charge is 0.505 e. The first-order chi connectivity index (χ1) is 42.0. The number of rotatable bonds is 24. The molecule has 0 aliphatic carbocycles. The van der Waals surface area contributed by atoms with Crippen LogP contribution in [0.1, 0.15) is 22.3 Å². The van der Waals surface area contributed by atoms with Crippen molar-refractivity contribution < 1.29 is 115 Å². The number of nitroso groups, excluding NO2 is 1. The molecule has 0 saturated heterocycles. The minimum absolute atomic E-state index is 0.0133. The van der Waals surface area contributed by atoms with E-state index in [0.29, 0.717) is 42.5 Å². The van der Waals surface area contributed by atoms with Gasteiger partial charge in [0.1, 0.15) is 64.4 Å². The molecule has 7 aromatic rings. The Morgan fingerprint density at radius 1 is 0.582 bits per heavy atom. The highest BCUT2D eigenvalue weighted by Crippen LogP contribution is 2.50. The number of aromatic hydroxyl groups is 2. The molecule has 0 atom stereocenters. The maximum Gasteiger partial charge on any atom is 0.318 e. The number of carbonyl (C=O) groups excluding carboxylic acids is 1. The number of hydrogen-bond acceptors (Lipinski definition) is 34. The van der Waals surface area contributed by atoms with Crippen LogP contribution in [0.5, 0.6) is 17.2 Å². The number of azo groups is 3. The monoisotopic (exact) mass is 1410 g/mol. The molecule has 0 unspecified atom stereocenters. The van der Waals surface area contributed by atoms with Crippen LogP contribution in [-0.4, -0.2) is 115 Å². The number of nitrogens with one attached hydrogen (secondary N) is 2. The Bertz CT molecular complexity index is 5230. The highest BCUT2D eigenvalue weighted by molar-refractivity contribution is 7.88. The van der Waals surface area contributed by atoms with Gasteiger partial charge in [0.25, 0.3) is 56.3 Å². The average molecular weight is 1410 g/mol. The van der Waals surface area contributed by atoms with E-state index in [2.05, 4.69) is 55.3 Å². The molecule has 0 bridgehead atoms. The number of ether oxygens (including phenoxy) is 1. The van der Waals surface area contributed by atoms with Crippen LogP contribution in [0.4, 0.5) is 56.9 Å². The molecule has 0 aromatic heterocycles. The predicted octanol–water partition coefficient (Wildman–Crippen LogP) is 5.60. The van der Waals surface area contributed by atoms with Crippen LogP contribution in [-0.2, 0) is 79.4 Å². The fourth-order valence-electron chi connectivity index (χ4n) is 8.01. The molecule has 48 heteroatoms.